The van der Waals surface area contributed by atoms with E-state index in [-0.39, 0.29) is 0 Å². The predicted octanol–water partition coefficient (Wildman–Crippen LogP) is 1.63. The van der Waals surface area contributed by atoms with Crippen LogP contribution in [0.4, 0.5) is 0 Å². The smallest absolute Gasteiger partial charge is 0.168 e. The molecule has 0 aromatic heterocycles. The summed E-state index contributed by atoms with van der Waals surface area (Å²) >= 11 is 0. The molecule has 1 saturated carbocycles. The normalized spacial score (nSPS) is 21.2. The van der Waals surface area contributed by atoms with Gasteiger partial charge in [-0.1, -0.05) is 13.8 Å². The highest BCUT2D eigenvalue weighted by Crippen LogP contribution is 2.32. The van der Waals surface area contributed by atoms with E-state index >= 15 is 0 Å². The molecule has 0 radical (unpaired) electrons. The number of nitrogens with zero attached hydrogens (tertiary/aromatic N) is 1. The van der Waals surface area contributed by atoms with Gasteiger partial charge in [-0.15, -0.1) is 0 Å². The zero-order chi connectivity index (χ0) is 7.72. The fraction of sp³-hybridized carbons (Fsp3) is 0.875. The maximum absolute atomic E-state index is 10.9. The van der Waals surface area contributed by atoms with Crippen molar-refractivity contribution in [1.29, 1.82) is 0 Å². The lowest BCUT2D eigenvalue weighted by Gasteiger charge is -2.08. The summed E-state index contributed by atoms with van der Waals surface area (Å²) in [4.78, 5) is 0. The monoisotopic (exact) mass is 141 g/mol. The molecule has 1 fully saturated rings. The van der Waals surface area contributed by atoms with E-state index in [1.807, 2.05) is 0 Å². The third kappa shape index (κ3) is 1.49. The molecule has 0 amide bonds. The van der Waals surface area contributed by atoms with Crippen LogP contribution < -0.4 is 0 Å². The van der Waals surface area contributed by atoms with Crippen molar-refractivity contribution >= 4 is 5.71 Å². The number of rotatable bonds is 2. The van der Waals surface area contributed by atoms with Gasteiger partial charge in [0.25, 0.3) is 0 Å². The SMILES string of the molecule is CC(C)C(C1CC1)=[N+](C)[O-]. The van der Waals surface area contributed by atoms with Gasteiger partial charge in [0.1, 0.15) is 7.05 Å². The molecular formula is C8H15NO. The van der Waals surface area contributed by atoms with Gasteiger partial charge in [-0.3, -0.25) is 0 Å². The first-order valence-corrected chi connectivity index (χ1v) is 3.90. The summed E-state index contributed by atoms with van der Waals surface area (Å²) in [6, 6.07) is 0. The fourth-order valence-corrected chi connectivity index (χ4v) is 1.47. The quantitative estimate of drug-likeness (QED) is 0.248. The first kappa shape index (κ1) is 7.58. The van der Waals surface area contributed by atoms with Gasteiger partial charge >= 0.3 is 0 Å². The minimum absolute atomic E-state index is 0.426. The molecule has 0 aromatic rings. The molecule has 0 spiro atoms. The molecule has 1 aliphatic carbocycles. The maximum Gasteiger partial charge on any atom is 0.168 e. The zero-order valence-corrected chi connectivity index (χ0v) is 6.92. The second-order valence-corrected chi connectivity index (χ2v) is 3.35. The molecule has 58 valence electrons. The summed E-state index contributed by atoms with van der Waals surface area (Å²) in [7, 11) is 1.60. The summed E-state index contributed by atoms with van der Waals surface area (Å²) in [5.74, 6) is 1.04. The van der Waals surface area contributed by atoms with E-state index < -0.39 is 0 Å². The summed E-state index contributed by atoms with van der Waals surface area (Å²) < 4.78 is 1.04. The molecule has 0 aromatic carbocycles. The van der Waals surface area contributed by atoms with Crippen molar-refractivity contribution in [3.63, 3.8) is 0 Å². The van der Waals surface area contributed by atoms with Crippen LogP contribution in [-0.4, -0.2) is 17.5 Å². The average Bonchev–Trinajstić information content (AvgIpc) is 2.46. The molecule has 0 unspecified atom stereocenters. The van der Waals surface area contributed by atoms with Crippen LogP contribution in [0.2, 0.25) is 0 Å². The molecule has 1 aliphatic rings. The first-order valence-electron chi connectivity index (χ1n) is 3.90. The summed E-state index contributed by atoms with van der Waals surface area (Å²) in [5, 5.41) is 10.9. The number of hydroxylamine groups is 1. The van der Waals surface area contributed by atoms with Crippen LogP contribution in [0.25, 0.3) is 0 Å². The average molecular weight is 141 g/mol. The Labute approximate surface area is 62.1 Å². The van der Waals surface area contributed by atoms with E-state index in [1.54, 1.807) is 7.05 Å². The maximum atomic E-state index is 10.9. The van der Waals surface area contributed by atoms with Crippen molar-refractivity contribution in [1.82, 2.24) is 0 Å². The van der Waals surface area contributed by atoms with Crippen molar-refractivity contribution in [2.75, 3.05) is 7.05 Å². The van der Waals surface area contributed by atoms with E-state index in [0.29, 0.717) is 11.8 Å². The Morgan fingerprint density at radius 2 is 2.00 bits per heavy atom. The van der Waals surface area contributed by atoms with Crippen LogP contribution in [0.3, 0.4) is 0 Å². The van der Waals surface area contributed by atoms with E-state index in [4.69, 9.17) is 0 Å². The second-order valence-electron chi connectivity index (χ2n) is 3.35. The summed E-state index contributed by atoms with van der Waals surface area (Å²) in [6.45, 7) is 4.17. The largest absolute Gasteiger partial charge is 0.624 e. The van der Waals surface area contributed by atoms with Gasteiger partial charge in [-0.05, 0) is 12.8 Å². The fourth-order valence-electron chi connectivity index (χ4n) is 1.47. The molecule has 2 nitrogen and oxygen atoms in total. The molecule has 0 aliphatic heterocycles. The van der Waals surface area contributed by atoms with Gasteiger partial charge in [0, 0.05) is 11.8 Å². The van der Waals surface area contributed by atoms with Gasteiger partial charge < -0.3 is 5.21 Å². The lowest BCUT2D eigenvalue weighted by atomic mass is 10.0. The van der Waals surface area contributed by atoms with E-state index in [2.05, 4.69) is 13.8 Å². The molecule has 0 heterocycles. The Morgan fingerprint density at radius 1 is 1.50 bits per heavy atom. The summed E-state index contributed by atoms with van der Waals surface area (Å²) in [6.07, 6.45) is 2.44. The molecular weight excluding hydrogens is 126 g/mol. The Hall–Kier alpha value is -0.530. The standard InChI is InChI=1S/C8H15NO/c1-6(2)8(9(3)10)7-4-5-7/h6-7H,4-5H2,1-3H3. The summed E-state index contributed by atoms with van der Waals surface area (Å²) in [5.41, 5.74) is 1.08. The van der Waals surface area contributed by atoms with Crippen molar-refractivity contribution < 1.29 is 4.74 Å². The van der Waals surface area contributed by atoms with Gasteiger partial charge in [-0.2, -0.15) is 0 Å². The van der Waals surface area contributed by atoms with Gasteiger partial charge in [-0.25, -0.2) is 4.74 Å². The van der Waals surface area contributed by atoms with Crippen LogP contribution in [-0.2, 0) is 0 Å². The lowest BCUT2D eigenvalue weighted by Crippen LogP contribution is -2.20. The van der Waals surface area contributed by atoms with Crippen LogP contribution in [0.15, 0.2) is 0 Å². The predicted molar refractivity (Wildman–Crippen MR) is 42.1 cm³/mol. The Morgan fingerprint density at radius 3 is 2.10 bits per heavy atom. The van der Waals surface area contributed by atoms with Crippen LogP contribution >= 0.6 is 0 Å². The van der Waals surface area contributed by atoms with E-state index in [0.717, 1.165) is 10.5 Å². The third-order valence-corrected chi connectivity index (χ3v) is 1.95. The Balaban J connectivity index is 2.68. The molecule has 10 heavy (non-hydrogen) atoms. The highest BCUT2D eigenvalue weighted by molar-refractivity contribution is 5.86. The highest BCUT2D eigenvalue weighted by atomic mass is 16.5. The Bertz CT molecular complexity index is 149. The van der Waals surface area contributed by atoms with E-state index in [1.165, 1.54) is 12.8 Å². The minimum Gasteiger partial charge on any atom is -0.624 e. The number of hydrogen-bond donors (Lipinski definition) is 0. The van der Waals surface area contributed by atoms with Crippen molar-refractivity contribution in [2.24, 2.45) is 11.8 Å². The van der Waals surface area contributed by atoms with Crippen molar-refractivity contribution in [3.05, 3.63) is 5.21 Å². The first-order chi connectivity index (χ1) is 4.63. The molecule has 0 atom stereocenters. The topological polar surface area (TPSA) is 26.1 Å². The second kappa shape index (κ2) is 2.60. The van der Waals surface area contributed by atoms with Crippen molar-refractivity contribution in [3.8, 4) is 0 Å². The zero-order valence-electron chi connectivity index (χ0n) is 6.92. The van der Waals surface area contributed by atoms with Gasteiger partial charge in [0.05, 0.1) is 0 Å². The van der Waals surface area contributed by atoms with Crippen LogP contribution in [0.5, 0.6) is 0 Å². The molecule has 0 saturated heterocycles. The van der Waals surface area contributed by atoms with Crippen molar-refractivity contribution in [2.45, 2.75) is 26.7 Å². The molecule has 0 bridgehead atoms. The van der Waals surface area contributed by atoms with E-state index in [9.17, 15) is 5.21 Å². The lowest BCUT2D eigenvalue weighted by molar-refractivity contribution is -0.427. The Kier molecular flexibility index (Phi) is 1.97. The van der Waals surface area contributed by atoms with Crippen LogP contribution in [0, 0.1) is 17.0 Å². The molecule has 1 rings (SSSR count). The third-order valence-electron chi connectivity index (χ3n) is 1.95. The number of hydrogen-bond acceptors (Lipinski definition) is 1. The van der Waals surface area contributed by atoms with Gasteiger partial charge in [0.15, 0.2) is 5.71 Å². The molecule has 0 N–H and O–H groups in total. The van der Waals surface area contributed by atoms with Crippen LogP contribution in [0.1, 0.15) is 26.7 Å². The molecule has 2 heteroatoms. The highest BCUT2D eigenvalue weighted by Gasteiger charge is 2.34. The van der Waals surface area contributed by atoms with Gasteiger partial charge in [0.2, 0.25) is 0 Å². The minimum atomic E-state index is 0.426.